The number of hydrogen-bond donors (Lipinski definition) is 2. The van der Waals surface area contributed by atoms with E-state index in [0.717, 1.165) is 17.0 Å². The zero-order chi connectivity index (χ0) is 12.1. The molecule has 1 aromatic rings. The van der Waals surface area contributed by atoms with E-state index in [4.69, 9.17) is 15.9 Å². The first kappa shape index (κ1) is 12.5. The van der Waals surface area contributed by atoms with Gasteiger partial charge in [-0.05, 0) is 31.5 Å². The molecule has 0 fully saturated rings. The van der Waals surface area contributed by atoms with Gasteiger partial charge in [0.2, 0.25) is 0 Å². The van der Waals surface area contributed by atoms with Crippen molar-refractivity contribution in [3.8, 4) is 5.75 Å². The Hall–Kier alpha value is -1.55. The van der Waals surface area contributed by atoms with Crippen molar-refractivity contribution in [2.75, 3.05) is 25.2 Å². The van der Waals surface area contributed by atoms with Crippen LogP contribution < -0.4 is 15.4 Å². The van der Waals surface area contributed by atoms with Crippen LogP contribution in [0.2, 0.25) is 0 Å². The van der Waals surface area contributed by atoms with Gasteiger partial charge < -0.3 is 20.8 Å². The van der Waals surface area contributed by atoms with Gasteiger partial charge in [-0.1, -0.05) is 6.07 Å². The number of methoxy groups -OCH3 is 1. The highest BCUT2D eigenvalue weighted by molar-refractivity contribution is 5.84. The second-order valence-electron chi connectivity index (χ2n) is 3.84. The number of nitrogens with one attached hydrogen (secondary N) is 1. The highest BCUT2D eigenvalue weighted by atomic mass is 16.5. The molecule has 0 spiro atoms. The Balaban J connectivity index is 3.03. The topological polar surface area (TPSA) is 62.3 Å². The molecule has 0 atom stereocenters. The standard InChI is InChI=1S/C12H19N3O/c1-9-4-5-11(12(6-9)16-3)15(8-13)7-10(2)14/h4-6,14H,7-8,13H2,1-3H3. The van der Waals surface area contributed by atoms with E-state index < -0.39 is 0 Å². The predicted molar refractivity (Wildman–Crippen MR) is 67.5 cm³/mol. The van der Waals surface area contributed by atoms with E-state index in [1.807, 2.05) is 30.0 Å². The molecule has 0 amide bonds. The van der Waals surface area contributed by atoms with Crippen LogP contribution in [0.3, 0.4) is 0 Å². The maximum absolute atomic E-state index is 7.51. The summed E-state index contributed by atoms with van der Waals surface area (Å²) in [6.07, 6.45) is 0. The zero-order valence-electron chi connectivity index (χ0n) is 10.1. The Kier molecular flexibility index (Phi) is 4.31. The molecule has 0 saturated heterocycles. The van der Waals surface area contributed by atoms with Crippen LogP contribution in [0.1, 0.15) is 12.5 Å². The van der Waals surface area contributed by atoms with Crippen LogP contribution in [0.25, 0.3) is 0 Å². The van der Waals surface area contributed by atoms with Crippen LogP contribution >= 0.6 is 0 Å². The average molecular weight is 221 g/mol. The van der Waals surface area contributed by atoms with Gasteiger partial charge >= 0.3 is 0 Å². The van der Waals surface area contributed by atoms with Crippen LogP contribution in [0, 0.1) is 12.3 Å². The SMILES string of the molecule is COc1cc(C)ccc1N(CN)CC(C)=N. The van der Waals surface area contributed by atoms with E-state index in [0.29, 0.717) is 18.9 Å². The molecular formula is C12H19N3O. The van der Waals surface area contributed by atoms with Gasteiger partial charge in [-0.25, -0.2) is 0 Å². The Morgan fingerprint density at radius 2 is 2.19 bits per heavy atom. The first-order valence-corrected chi connectivity index (χ1v) is 5.22. The van der Waals surface area contributed by atoms with E-state index in [9.17, 15) is 0 Å². The van der Waals surface area contributed by atoms with Crippen molar-refractivity contribution in [3.63, 3.8) is 0 Å². The fourth-order valence-electron chi connectivity index (χ4n) is 1.58. The molecule has 0 aliphatic carbocycles. The van der Waals surface area contributed by atoms with Gasteiger partial charge in [-0.2, -0.15) is 0 Å². The Bertz CT molecular complexity index is 377. The van der Waals surface area contributed by atoms with E-state index in [1.165, 1.54) is 0 Å². The van der Waals surface area contributed by atoms with Crippen LogP contribution in [0.5, 0.6) is 5.75 Å². The van der Waals surface area contributed by atoms with Crippen molar-refractivity contribution in [1.82, 2.24) is 0 Å². The lowest BCUT2D eigenvalue weighted by Gasteiger charge is -2.24. The van der Waals surface area contributed by atoms with Crippen molar-refractivity contribution in [3.05, 3.63) is 23.8 Å². The molecule has 4 nitrogen and oxygen atoms in total. The minimum atomic E-state index is 0.371. The highest BCUT2D eigenvalue weighted by Gasteiger charge is 2.11. The van der Waals surface area contributed by atoms with Gasteiger partial charge in [0.25, 0.3) is 0 Å². The monoisotopic (exact) mass is 221 g/mol. The summed E-state index contributed by atoms with van der Waals surface area (Å²) in [6, 6.07) is 5.96. The molecule has 4 heteroatoms. The molecule has 0 aliphatic heterocycles. The highest BCUT2D eigenvalue weighted by Crippen LogP contribution is 2.28. The fourth-order valence-corrected chi connectivity index (χ4v) is 1.58. The summed E-state index contributed by atoms with van der Waals surface area (Å²) in [5, 5.41) is 7.51. The first-order chi connectivity index (χ1) is 7.58. The van der Waals surface area contributed by atoms with Crippen LogP contribution in [-0.2, 0) is 0 Å². The van der Waals surface area contributed by atoms with Crippen molar-refractivity contribution < 1.29 is 4.74 Å². The third-order valence-electron chi connectivity index (χ3n) is 2.32. The molecule has 0 radical (unpaired) electrons. The van der Waals surface area contributed by atoms with Crippen LogP contribution in [0.4, 0.5) is 5.69 Å². The lowest BCUT2D eigenvalue weighted by Crippen LogP contribution is -2.34. The first-order valence-electron chi connectivity index (χ1n) is 5.22. The summed E-state index contributed by atoms with van der Waals surface area (Å²) in [5.74, 6) is 0.798. The maximum atomic E-state index is 7.51. The van der Waals surface area contributed by atoms with Crippen molar-refractivity contribution in [2.45, 2.75) is 13.8 Å². The molecule has 0 unspecified atom stereocenters. The van der Waals surface area contributed by atoms with Gasteiger partial charge in [0.15, 0.2) is 0 Å². The summed E-state index contributed by atoms with van der Waals surface area (Å²) < 4.78 is 5.32. The summed E-state index contributed by atoms with van der Waals surface area (Å²) >= 11 is 0. The number of nitrogens with two attached hydrogens (primary N) is 1. The predicted octanol–water partition coefficient (Wildman–Crippen LogP) is 1.77. The molecule has 0 heterocycles. The molecule has 1 rings (SSSR count). The van der Waals surface area contributed by atoms with Gasteiger partial charge in [-0.15, -0.1) is 0 Å². The Morgan fingerprint density at radius 3 is 2.69 bits per heavy atom. The number of ether oxygens (including phenoxy) is 1. The van der Waals surface area contributed by atoms with E-state index >= 15 is 0 Å². The number of hydrogen-bond acceptors (Lipinski definition) is 4. The number of nitrogens with zero attached hydrogens (tertiary/aromatic N) is 1. The van der Waals surface area contributed by atoms with Crippen molar-refractivity contribution in [1.29, 1.82) is 5.41 Å². The summed E-state index contributed by atoms with van der Waals surface area (Å²) in [6.45, 7) is 4.68. The zero-order valence-corrected chi connectivity index (χ0v) is 10.1. The molecule has 0 saturated carbocycles. The molecule has 3 N–H and O–H groups in total. The summed E-state index contributed by atoms with van der Waals surface area (Å²) in [5.41, 5.74) is 8.34. The number of rotatable bonds is 5. The number of benzene rings is 1. The molecule has 16 heavy (non-hydrogen) atoms. The van der Waals surface area contributed by atoms with Gasteiger partial charge in [0, 0.05) is 5.71 Å². The minimum absolute atomic E-state index is 0.371. The third-order valence-corrected chi connectivity index (χ3v) is 2.32. The molecule has 0 aromatic heterocycles. The molecule has 0 aliphatic rings. The molecule has 88 valence electrons. The van der Waals surface area contributed by atoms with Gasteiger partial charge in [-0.3, -0.25) is 0 Å². The normalized spacial score (nSPS) is 10.0. The second-order valence-corrected chi connectivity index (χ2v) is 3.84. The van der Waals surface area contributed by atoms with Crippen LogP contribution in [-0.4, -0.2) is 26.0 Å². The molecule has 1 aromatic carbocycles. The molecule has 0 bridgehead atoms. The van der Waals surface area contributed by atoms with Crippen molar-refractivity contribution in [2.24, 2.45) is 5.73 Å². The summed E-state index contributed by atoms with van der Waals surface area (Å²) in [4.78, 5) is 1.92. The van der Waals surface area contributed by atoms with E-state index in [1.54, 1.807) is 14.0 Å². The Labute approximate surface area is 96.5 Å². The fraction of sp³-hybridized carbons (Fsp3) is 0.417. The van der Waals surface area contributed by atoms with E-state index in [2.05, 4.69) is 0 Å². The summed E-state index contributed by atoms with van der Waals surface area (Å²) in [7, 11) is 1.64. The van der Waals surface area contributed by atoms with E-state index in [-0.39, 0.29) is 0 Å². The number of aryl methyl sites for hydroxylation is 1. The quantitative estimate of drug-likeness (QED) is 0.588. The lowest BCUT2D eigenvalue weighted by molar-refractivity contribution is 0.414. The maximum Gasteiger partial charge on any atom is 0.142 e. The van der Waals surface area contributed by atoms with Gasteiger partial charge in [0.1, 0.15) is 5.75 Å². The molecular weight excluding hydrogens is 202 g/mol. The van der Waals surface area contributed by atoms with Crippen LogP contribution in [0.15, 0.2) is 18.2 Å². The smallest absolute Gasteiger partial charge is 0.142 e. The third kappa shape index (κ3) is 2.97. The Morgan fingerprint density at radius 1 is 1.50 bits per heavy atom. The average Bonchev–Trinajstić information content (AvgIpc) is 2.25. The van der Waals surface area contributed by atoms with Crippen molar-refractivity contribution >= 4 is 11.4 Å². The largest absolute Gasteiger partial charge is 0.495 e. The lowest BCUT2D eigenvalue weighted by atomic mass is 10.2. The minimum Gasteiger partial charge on any atom is -0.495 e. The second kappa shape index (κ2) is 5.51. The van der Waals surface area contributed by atoms with Gasteiger partial charge in [0.05, 0.1) is 26.0 Å². The number of anilines is 1.